The van der Waals surface area contributed by atoms with Gasteiger partial charge in [0.25, 0.3) is 0 Å². The fourth-order valence-corrected chi connectivity index (χ4v) is 2.25. The lowest BCUT2D eigenvalue weighted by Gasteiger charge is -2.13. The predicted molar refractivity (Wildman–Crippen MR) is 116 cm³/mol. The fraction of sp³-hybridized carbons (Fsp3) is 0.273. The summed E-state index contributed by atoms with van der Waals surface area (Å²) >= 11 is 0. The first-order chi connectivity index (χ1) is 12.5. The van der Waals surface area contributed by atoms with E-state index in [9.17, 15) is 0 Å². The van der Waals surface area contributed by atoms with E-state index in [4.69, 9.17) is 11.1 Å². The van der Waals surface area contributed by atoms with Crippen LogP contribution in [0.5, 0.6) is 0 Å². The van der Waals surface area contributed by atoms with Crippen LogP contribution in [0, 0.1) is 12.3 Å². The van der Waals surface area contributed by atoms with Crippen LogP contribution < -0.4 is 11.1 Å². The highest BCUT2D eigenvalue weighted by atomic mass is 15.0. The minimum atomic E-state index is 0.594. The molecule has 0 fully saturated rings. The first-order valence-corrected chi connectivity index (χ1v) is 8.83. The summed E-state index contributed by atoms with van der Waals surface area (Å²) in [6, 6.07) is 13.6. The van der Waals surface area contributed by atoms with Crippen LogP contribution in [0.4, 0.5) is 11.4 Å². The summed E-state index contributed by atoms with van der Waals surface area (Å²) in [6.45, 7) is 10.1. The van der Waals surface area contributed by atoms with Crippen LogP contribution in [-0.4, -0.2) is 19.1 Å². The number of hydrogen-bond acceptors (Lipinski definition) is 3. The van der Waals surface area contributed by atoms with Crippen molar-refractivity contribution in [3.8, 4) is 0 Å². The van der Waals surface area contributed by atoms with Crippen LogP contribution in [0.25, 0.3) is 0 Å². The Hall–Kier alpha value is -2.88. The van der Waals surface area contributed by atoms with Crippen molar-refractivity contribution in [2.24, 2.45) is 4.99 Å². The van der Waals surface area contributed by atoms with Gasteiger partial charge in [-0.05, 0) is 43.5 Å². The van der Waals surface area contributed by atoms with Gasteiger partial charge in [-0.3, -0.25) is 4.99 Å². The van der Waals surface area contributed by atoms with Gasteiger partial charge < -0.3 is 16.5 Å². The van der Waals surface area contributed by atoms with Crippen molar-refractivity contribution in [2.45, 2.75) is 33.6 Å². The standard InChI is InChI=1S/C16H18N4.C6H12/c1-11-5-3-4-6-14(11)16(19-2)20-13-7-8-15(18)12(9-13)10-17;1-4-6(3)5-2/h3-10,17H,18H2,1-2H3,(H,19,20);3-5H2,1-2H3. The number of nitrogens with zero attached hydrogens (tertiary/aromatic N) is 1. The maximum atomic E-state index is 7.34. The SMILES string of the molecule is C=C(CC)CC.CN=C(Nc1ccc(N)c(C=N)c1)c1ccccc1C. The van der Waals surface area contributed by atoms with Crippen molar-refractivity contribution in [2.75, 3.05) is 18.1 Å². The number of allylic oxidation sites excluding steroid dienone is 1. The Morgan fingerprint density at radius 1 is 1.19 bits per heavy atom. The molecule has 2 aromatic rings. The molecule has 0 heterocycles. The number of aliphatic imine (C=N–C) groups is 1. The molecule has 0 saturated carbocycles. The average Bonchev–Trinajstić information content (AvgIpc) is 2.67. The molecule has 0 bridgehead atoms. The summed E-state index contributed by atoms with van der Waals surface area (Å²) in [5, 5.41) is 10.6. The van der Waals surface area contributed by atoms with E-state index >= 15 is 0 Å². The Morgan fingerprint density at radius 3 is 2.35 bits per heavy atom. The molecule has 4 N–H and O–H groups in total. The summed E-state index contributed by atoms with van der Waals surface area (Å²) in [6.07, 6.45) is 3.52. The van der Waals surface area contributed by atoms with Crippen LogP contribution in [0.1, 0.15) is 43.4 Å². The third-order valence-electron chi connectivity index (χ3n) is 4.13. The Balaban J connectivity index is 0.000000487. The van der Waals surface area contributed by atoms with Crippen LogP contribution in [0.15, 0.2) is 59.6 Å². The molecular weight excluding hydrogens is 320 g/mol. The predicted octanol–water partition coefficient (Wildman–Crippen LogP) is 5.43. The van der Waals surface area contributed by atoms with E-state index in [0.717, 1.165) is 35.5 Å². The van der Waals surface area contributed by atoms with Gasteiger partial charge in [-0.25, -0.2) is 0 Å². The zero-order valence-corrected chi connectivity index (χ0v) is 16.3. The van der Waals surface area contributed by atoms with Crippen molar-refractivity contribution in [3.63, 3.8) is 0 Å². The highest BCUT2D eigenvalue weighted by molar-refractivity contribution is 6.09. The smallest absolute Gasteiger partial charge is 0.132 e. The number of benzene rings is 2. The second-order valence-electron chi connectivity index (χ2n) is 5.96. The Kier molecular flexibility index (Phi) is 8.85. The third-order valence-corrected chi connectivity index (χ3v) is 4.13. The van der Waals surface area contributed by atoms with Crippen LogP contribution in [-0.2, 0) is 0 Å². The maximum absolute atomic E-state index is 7.34. The monoisotopic (exact) mass is 350 g/mol. The first-order valence-electron chi connectivity index (χ1n) is 8.83. The highest BCUT2D eigenvalue weighted by Gasteiger charge is 2.07. The number of rotatable bonds is 5. The quantitative estimate of drug-likeness (QED) is 0.291. The lowest BCUT2D eigenvalue weighted by molar-refractivity contribution is 0.986. The molecule has 2 aromatic carbocycles. The maximum Gasteiger partial charge on any atom is 0.132 e. The number of nitrogen functional groups attached to an aromatic ring is 1. The molecule has 4 heteroatoms. The van der Waals surface area contributed by atoms with Gasteiger partial charge in [0.15, 0.2) is 0 Å². The van der Waals surface area contributed by atoms with Crippen molar-refractivity contribution >= 4 is 23.4 Å². The molecule has 138 valence electrons. The van der Waals surface area contributed by atoms with Crippen molar-refractivity contribution in [1.82, 2.24) is 0 Å². The van der Waals surface area contributed by atoms with Crippen LogP contribution in [0.2, 0.25) is 0 Å². The second-order valence-corrected chi connectivity index (χ2v) is 5.96. The summed E-state index contributed by atoms with van der Waals surface area (Å²) in [7, 11) is 1.75. The van der Waals surface area contributed by atoms with Gasteiger partial charge >= 0.3 is 0 Å². The van der Waals surface area contributed by atoms with E-state index in [1.165, 1.54) is 11.8 Å². The molecule has 26 heavy (non-hydrogen) atoms. The molecule has 2 rings (SSSR count). The number of anilines is 2. The Morgan fingerprint density at radius 2 is 1.85 bits per heavy atom. The van der Waals surface area contributed by atoms with Crippen LogP contribution >= 0.6 is 0 Å². The molecule has 0 aliphatic heterocycles. The van der Waals surface area contributed by atoms with E-state index in [-0.39, 0.29) is 0 Å². The van der Waals surface area contributed by atoms with E-state index in [2.05, 4.69) is 30.7 Å². The van der Waals surface area contributed by atoms with E-state index in [1.54, 1.807) is 13.1 Å². The lowest BCUT2D eigenvalue weighted by Crippen LogP contribution is -2.15. The number of aryl methyl sites for hydroxylation is 1. The van der Waals surface area contributed by atoms with E-state index in [0.29, 0.717) is 11.3 Å². The normalized spacial score (nSPS) is 10.5. The second kappa shape index (κ2) is 10.9. The van der Waals surface area contributed by atoms with Gasteiger partial charge in [0.05, 0.1) is 0 Å². The van der Waals surface area contributed by atoms with Crippen LogP contribution in [0.3, 0.4) is 0 Å². The van der Waals surface area contributed by atoms with Gasteiger partial charge in [-0.1, -0.05) is 50.3 Å². The summed E-state index contributed by atoms with van der Waals surface area (Å²) in [5.74, 6) is 0.795. The number of hydrogen-bond donors (Lipinski definition) is 3. The fourth-order valence-electron chi connectivity index (χ4n) is 2.25. The first kappa shape index (κ1) is 21.2. The summed E-state index contributed by atoms with van der Waals surface area (Å²) in [4.78, 5) is 4.31. The summed E-state index contributed by atoms with van der Waals surface area (Å²) in [5.41, 5.74) is 11.5. The topological polar surface area (TPSA) is 74.3 Å². The number of nitrogens with two attached hydrogens (primary N) is 1. The minimum absolute atomic E-state index is 0.594. The molecule has 0 radical (unpaired) electrons. The zero-order chi connectivity index (χ0) is 19.5. The Labute approximate surface area is 157 Å². The van der Waals surface area contributed by atoms with Gasteiger partial charge in [-0.15, -0.1) is 0 Å². The molecule has 0 amide bonds. The van der Waals surface area contributed by atoms with Crippen molar-refractivity contribution in [1.29, 1.82) is 5.41 Å². The molecule has 0 aliphatic rings. The van der Waals surface area contributed by atoms with Gasteiger partial charge in [0.1, 0.15) is 5.84 Å². The highest BCUT2D eigenvalue weighted by Crippen LogP contribution is 2.18. The average molecular weight is 351 g/mol. The minimum Gasteiger partial charge on any atom is -0.398 e. The Bertz CT molecular complexity index is 769. The van der Waals surface area contributed by atoms with Crippen molar-refractivity contribution < 1.29 is 0 Å². The molecule has 0 unspecified atom stereocenters. The van der Waals surface area contributed by atoms with Gasteiger partial charge in [0, 0.05) is 35.8 Å². The van der Waals surface area contributed by atoms with Gasteiger partial charge in [0.2, 0.25) is 0 Å². The lowest BCUT2D eigenvalue weighted by atomic mass is 10.1. The third kappa shape index (κ3) is 6.20. The molecular formula is C22H30N4. The molecule has 0 aromatic heterocycles. The van der Waals surface area contributed by atoms with E-state index in [1.807, 2.05) is 43.3 Å². The zero-order valence-electron chi connectivity index (χ0n) is 16.3. The molecule has 0 spiro atoms. The number of amidine groups is 1. The molecule has 0 aliphatic carbocycles. The van der Waals surface area contributed by atoms with Crippen molar-refractivity contribution in [3.05, 3.63) is 71.3 Å². The van der Waals surface area contributed by atoms with Gasteiger partial charge in [-0.2, -0.15) is 0 Å². The molecule has 4 nitrogen and oxygen atoms in total. The summed E-state index contributed by atoms with van der Waals surface area (Å²) < 4.78 is 0. The number of nitrogens with one attached hydrogen (secondary N) is 2. The van der Waals surface area contributed by atoms with E-state index < -0.39 is 0 Å². The molecule has 0 saturated heterocycles. The molecule has 0 atom stereocenters. The largest absolute Gasteiger partial charge is 0.398 e.